The van der Waals surface area contributed by atoms with Gasteiger partial charge in [0.1, 0.15) is 5.82 Å². The molecule has 0 aliphatic carbocycles. The molecule has 1 aliphatic rings. The highest BCUT2D eigenvalue weighted by atomic mass is 16.3. The molecule has 0 bridgehead atoms. The Bertz CT molecular complexity index is 763. The van der Waals surface area contributed by atoms with E-state index in [2.05, 4.69) is 38.4 Å². The number of carbonyl (C=O) groups excluding carboxylic acids is 1. The predicted octanol–water partition coefficient (Wildman–Crippen LogP) is 1.24. The third-order valence-electron chi connectivity index (χ3n) is 4.52. The molecule has 0 spiro atoms. The number of amides is 1. The number of aliphatic hydroxyl groups is 1. The monoisotopic (exact) mass is 340 g/mol. The molecule has 2 aromatic rings. The second kappa shape index (κ2) is 7.72. The van der Waals surface area contributed by atoms with Gasteiger partial charge < -0.3 is 10.4 Å². The zero-order valence-electron chi connectivity index (χ0n) is 14.7. The fourth-order valence-corrected chi connectivity index (χ4v) is 3.18. The van der Waals surface area contributed by atoms with Crippen LogP contribution in [0.4, 0.5) is 0 Å². The highest BCUT2D eigenvalue weighted by Gasteiger charge is 2.19. The van der Waals surface area contributed by atoms with Gasteiger partial charge in [0.25, 0.3) is 5.91 Å². The third kappa shape index (κ3) is 4.41. The third-order valence-corrected chi connectivity index (χ3v) is 4.52. The van der Waals surface area contributed by atoms with Gasteiger partial charge in [-0.15, -0.1) is 0 Å². The van der Waals surface area contributed by atoms with Crippen molar-refractivity contribution in [3.8, 4) is 0 Å². The first-order valence-corrected chi connectivity index (χ1v) is 8.58. The van der Waals surface area contributed by atoms with Crippen LogP contribution in [0.2, 0.25) is 0 Å². The number of fused-ring (bicyclic) bond motifs is 1. The lowest BCUT2D eigenvalue weighted by atomic mass is 10.00. The van der Waals surface area contributed by atoms with Gasteiger partial charge in [-0.2, -0.15) is 0 Å². The second-order valence-electron chi connectivity index (χ2n) is 6.53. The number of rotatable bonds is 5. The zero-order chi connectivity index (χ0) is 17.8. The van der Waals surface area contributed by atoms with Crippen molar-refractivity contribution in [2.24, 2.45) is 0 Å². The normalized spacial score (nSPS) is 15.5. The molecule has 1 atom stereocenters. The molecule has 6 heteroatoms. The fraction of sp³-hybridized carbons (Fsp3) is 0.421. The molecule has 2 N–H and O–H groups in total. The van der Waals surface area contributed by atoms with Crippen LogP contribution in [0.5, 0.6) is 0 Å². The summed E-state index contributed by atoms with van der Waals surface area (Å²) in [7, 11) is 0. The number of β-amino-alcohol motifs (C(OH)–C–C–N with tert-alkyl or cyclic N) is 1. The van der Waals surface area contributed by atoms with E-state index in [0.717, 1.165) is 19.5 Å². The summed E-state index contributed by atoms with van der Waals surface area (Å²) < 4.78 is 0. The zero-order valence-corrected chi connectivity index (χ0v) is 14.7. The number of nitrogens with zero attached hydrogens (tertiary/aromatic N) is 3. The number of nitrogens with one attached hydrogen (secondary N) is 1. The quantitative estimate of drug-likeness (QED) is 0.856. The number of aliphatic hydroxyl groups excluding tert-OH is 1. The van der Waals surface area contributed by atoms with Gasteiger partial charge in [0.15, 0.2) is 0 Å². The van der Waals surface area contributed by atoms with E-state index in [1.165, 1.54) is 17.3 Å². The van der Waals surface area contributed by atoms with Gasteiger partial charge in [0.05, 0.1) is 17.4 Å². The summed E-state index contributed by atoms with van der Waals surface area (Å²) in [4.78, 5) is 22.7. The Labute approximate surface area is 147 Å². The van der Waals surface area contributed by atoms with Crippen LogP contribution in [0.15, 0.2) is 30.5 Å². The number of carbonyl (C=O) groups is 1. The number of aryl methyl sites for hydroxylation is 2. The lowest BCUT2D eigenvalue weighted by molar-refractivity contribution is 0.0840. The van der Waals surface area contributed by atoms with Crippen LogP contribution in [0, 0.1) is 13.8 Å². The molecule has 1 amide bonds. The molecular weight excluding hydrogens is 316 g/mol. The molecule has 1 unspecified atom stereocenters. The van der Waals surface area contributed by atoms with E-state index in [1.807, 2.05) is 6.07 Å². The Morgan fingerprint density at radius 3 is 2.84 bits per heavy atom. The van der Waals surface area contributed by atoms with Crippen molar-refractivity contribution in [1.29, 1.82) is 0 Å². The van der Waals surface area contributed by atoms with Gasteiger partial charge in [-0.1, -0.05) is 24.3 Å². The first-order valence-electron chi connectivity index (χ1n) is 8.58. The van der Waals surface area contributed by atoms with E-state index in [4.69, 9.17) is 0 Å². The lowest BCUT2D eigenvalue weighted by Crippen LogP contribution is -2.42. The van der Waals surface area contributed by atoms with E-state index in [1.54, 1.807) is 13.8 Å². The van der Waals surface area contributed by atoms with E-state index in [-0.39, 0.29) is 12.5 Å². The summed E-state index contributed by atoms with van der Waals surface area (Å²) in [6.07, 6.45) is 1.91. The van der Waals surface area contributed by atoms with Crippen LogP contribution in [0.25, 0.3) is 0 Å². The van der Waals surface area contributed by atoms with Crippen LogP contribution in [0.3, 0.4) is 0 Å². The highest BCUT2D eigenvalue weighted by Crippen LogP contribution is 2.18. The summed E-state index contributed by atoms with van der Waals surface area (Å²) in [5.41, 5.74) is 3.80. The fourth-order valence-electron chi connectivity index (χ4n) is 3.18. The average molecular weight is 340 g/mol. The minimum absolute atomic E-state index is 0.213. The standard InChI is InChI=1S/C19H24N4O2/c1-13-18(10-20-14(2)22-13)19(25)21-9-17(24)12-23-8-7-15-5-3-4-6-16(15)11-23/h3-6,10,17,24H,7-9,11-12H2,1-2H3,(H,21,25). The van der Waals surface area contributed by atoms with Crippen molar-refractivity contribution in [3.05, 3.63) is 58.7 Å². The smallest absolute Gasteiger partial charge is 0.254 e. The number of hydrogen-bond donors (Lipinski definition) is 2. The Hall–Kier alpha value is -2.31. The molecule has 0 radical (unpaired) electrons. The summed E-state index contributed by atoms with van der Waals surface area (Å²) in [6, 6.07) is 8.41. The first kappa shape index (κ1) is 17.5. The maximum Gasteiger partial charge on any atom is 0.254 e. The van der Waals surface area contributed by atoms with Crippen LogP contribution in [-0.2, 0) is 13.0 Å². The predicted molar refractivity (Wildman–Crippen MR) is 95.3 cm³/mol. The molecule has 132 valence electrons. The Balaban J connectivity index is 1.50. The molecule has 6 nitrogen and oxygen atoms in total. The largest absolute Gasteiger partial charge is 0.390 e. The Morgan fingerprint density at radius 1 is 1.32 bits per heavy atom. The Morgan fingerprint density at radius 2 is 2.08 bits per heavy atom. The number of benzene rings is 1. The van der Waals surface area contributed by atoms with Crippen molar-refractivity contribution >= 4 is 5.91 Å². The molecule has 1 aromatic heterocycles. The van der Waals surface area contributed by atoms with E-state index < -0.39 is 6.10 Å². The topological polar surface area (TPSA) is 78.3 Å². The molecular formula is C19H24N4O2. The van der Waals surface area contributed by atoms with Crippen LogP contribution in [0.1, 0.15) is 33.0 Å². The maximum atomic E-state index is 12.2. The summed E-state index contributed by atoms with van der Waals surface area (Å²) >= 11 is 0. The van der Waals surface area contributed by atoms with Crippen molar-refractivity contribution in [3.63, 3.8) is 0 Å². The molecule has 2 heterocycles. The van der Waals surface area contributed by atoms with E-state index >= 15 is 0 Å². The highest BCUT2D eigenvalue weighted by molar-refractivity contribution is 5.94. The number of hydrogen-bond acceptors (Lipinski definition) is 5. The summed E-state index contributed by atoms with van der Waals surface area (Å²) in [5.74, 6) is 0.389. The van der Waals surface area contributed by atoms with Crippen molar-refractivity contribution in [1.82, 2.24) is 20.2 Å². The van der Waals surface area contributed by atoms with Crippen molar-refractivity contribution in [2.45, 2.75) is 32.9 Å². The van der Waals surface area contributed by atoms with Crippen LogP contribution < -0.4 is 5.32 Å². The minimum atomic E-state index is -0.610. The van der Waals surface area contributed by atoms with Crippen LogP contribution >= 0.6 is 0 Å². The first-order chi connectivity index (χ1) is 12.0. The average Bonchev–Trinajstić information content (AvgIpc) is 2.59. The molecule has 1 aliphatic heterocycles. The molecule has 3 rings (SSSR count). The summed E-state index contributed by atoms with van der Waals surface area (Å²) in [5, 5.41) is 13.0. The van der Waals surface area contributed by atoms with Gasteiger partial charge in [0.2, 0.25) is 0 Å². The van der Waals surface area contributed by atoms with Gasteiger partial charge in [-0.05, 0) is 31.4 Å². The Kier molecular flexibility index (Phi) is 5.40. The molecule has 0 fully saturated rings. The van der Waals surface area contributed by atoms with Crippen molar-refractivity contribution in [2.75, 3.05) is 19.6 Å². The van der Waals surface area contributed by atoms with Gasteiger partial charge >= 0.3 is 0 Å². The minimum Gasteiger partial charge on any atom is -0.390 e. The molecule has 1 aromatic carbocycles. The lowest BCUT2D eigenvalue weighted by Gasteiger charge is -2.30. The summed E-state index contributed by atoms with van der Waals surface area (Å²) in [6.45, 7) is 6.09. The van der Waals surface area contributed by atoms with Gasteiger partial charge in [0, 0.05) is 32.4 Å². The number of aromatic nitrogens is 2. The SMILES string of the molecule is Cc1ncc(C(=O)NCC(O)CN2CCc3ccccc3C2)c(C)n1. The molecule has 25 heavy (non-hydrogen) atoms. The van der Waals surface area contributed by atoms with E-state index in [0.29, 0.717) is 23.6 Å². The maximum absolute atomic E-state index is 12.2. The van der Waals surface area contributed by atoms with Gasteiger partial charge in [-0.3, -0.25) is 9.69 Å². The van der Waals surface area contributed by atoms with E-state index in [9.17, 15) is 9.90 Å². The molecule has 0 saturated heterocycles. The second-order valence-corrected chi connectivity index (χ2v) is 6.53. The van der Waals surface area contributed by atoms with Crippen molar-refractivity contribution < 1.29 is 9.90 Å². The molecule has 0 saturated carbocycles. The van der Waals surface area contributed by atoms with Gasteiger partial charge in [-0.25, -0.2) is 9.97 Å². The van der Waals surface area contributed by atoms with Crippen LogP contribution in [-0.4, -0.2) is 51.6 Å².